The van der Waals surface area contributed by atoms with Crippen molar-refractivity contribution in [1.82, 2.24) is 15.0 Å². The van der Waals surface area contributed by atoms with Crippen molar-refractivity contribution in [2.45, 2.75) is 33.6 Å². The summed E-state index contributed by atoms with van der Waals surface area (Å²) in [6.07, 6.45) is 3.70. The molecule has 0 aromatic carbocycles. The quantitative estimate of drug-likeness (QED) is 0.940. The van der Waals surface area contributed by atoms with Crippen LogP contribution in [0.2, 0.25) is 0 Å². The maximum Gasteiger partial charge on any atom is 0.180 e. The second kappa shape index (κ2) is 5.65. The van der Waals surface area contributed by atoms with E-state index in [1.165, 1.54) is 0 Å². The molecule has 2 aromatic heterocycles. The molecule has 0 spiro atoms. The van der Waals surface area contributed by atoms with Crippen LogP contribution in [0.3, 0.4) is 0 Å². The molecule has 0 fully saturated rings. The number of rotatable bonds is 3. The molecule has 0 saturated carbocycles. The number of aryl methyl sites for hydroxylation is 3. The first-order valence-electron chi connectivity index (χ1n) is 6.28. The van der Waals surface area contributed by atoms with Crippen molar-refractivity contribution >= 4 is 21.7 Å². The van der Waals surface area contributed by atoms with Crippen LogP contribution in [-0.2, 0) is 6.42 Å². The van der Waals surface area contributed by atoms with E-state index in [0.29, 0.717) is 11.6 Å². The summed E-state index contributed by atoms with van der Waals surface area (Å²) in [5, 5.41) is 0. The minimum absolute atomic E-state index is 0.468. The molecule has 0 bridgehead atoms. The molecule has 0 aliphatic rings. The van der Waals surface area contributed by atoms with E-state index in [4.69, 9.17) is 5.73 Å². The molecule has 2 N–H and O–H groups in total. The highest BCUT2D eigenvalue weighted by Crippen LogP contribution is 2.26. The topological polar surface area (TPSA) is 64.7 Å². The minimum atomic E-state index is 0.468. The highest BCUT2D eigenvalue weighted by atomic mass is 79.9. The van der Waals surface area contributed by atoms with Gasteiger partial charge in [-0.15, -0.1) is 0 Å². The van der Waals surface area contributed by atoms with Gasteiger partial charge < -0.3 is 5.73 Å². The fraction of sp³-hybridized carbons (Fsp3) is 0.357. The molecular formula is C14H17BrN4. The molecule has 100 valence electrons. The van der Waals surface area contributed by atoms with E-state index in [1.807, 2.05) is 20.0 Å². The van der Waals surface area contributed by atoms with Gasteiger partial charge in [0.2, 0.25) is 0 Å². The third kappa shape index (κ3) is 2.92. The number of aromatic nitrogens is 3. The predicted octanol–water partition coefficient (Wildman–Crippen LogP) is 3.45. The lowest BCUT2D eigenvalue weighted by Crippen LogP contribution is -2.04. The Morgan fingerprint density at radius 2 is 2.00 bits per heavy atom. The van der Waals surface area contributed by atoms with Gasteiger partial charge in [-0.05, 0) is 47.3 Å². The number of hydrogen-bond donors (Lipinski definition) is 1. The van der Waals surface area contributed by atoms with Gasteiger partial charge in [0.1, 0.15) is 11.5 Å². The maximum atomic E-state index is 5.94. The van der Waals surface area contributed by atoms with Gasteiger partial charge >= 0.3 is 0 Å². The maximum absolute atomic E-state index is 5.94. The Kier molecular flexibility index (Phi) is 4.14. The second-order valence-corrected chi connectivity index (χ2v) is 5.41. The standard InChI is InChI=1S/C14H17BrN4/c1-4-5-10-11(15)13(16)19-14(18-10)12-9(3)6-8(2)7-17-12/h6-7H,4-5H2,1-3H3,(H2,16,18,19). The summed E-state index contributed by atoms with van der Waals surface area (Å²) < 4.78 is 0.794. The van der Waals surface area contributed by atoms with Crippen molar-refractivity contribution in [2.75, 3.05) is 5.73 Å². The molecule has 0 amide bonds. The number of nitrogens with zero attached hydrogens (tertiary/aromatic N) is 3. The van der Waals surface area contributed by atoms with E-state index in [1.54, 1.807) is 0 Å². The number of nitrogens with two attached hydrogens (primary N) is 1. The van der Waals surface area contributed by atoms with Crippen LogP contribution in [-0.4, -0.2) is 15.0 Å². The molecule has 0 unspecified atom stereocenters. The summed E-state index contributed by atoms with van der Waals surface area (Å²) in [5.74, 6) is 1.07. The molecule has 2 aromatic rings. The van der Waals surface area contributed by atoms with Crippen LogP contribution in [0.1, 0.15) is 30.2 Å². The van der Waals surface area contributed by atoms with Gasteiger partial charge in [0.05, 0.1) is 10.2 Å². The van der Waals surface area contributed by atoms with Crippen molar-refractivity contribution in [3.05, 3.63) is 33.6 Å². The molecule has 2 heterocycles. The Morgan fingerprint density at radius 1 is 1.26 bits per heavy atom. The molecule has 19 heavy (non-hydrogen) atoms. The smallest absolute Gasteiger partial charge is 0.180 e. The van der Waals surface area contributed by atoms with E-state index >= 15 is 0 Å². The molecule has 0 aliphatic heterocycles. The third-order valence-electron chi connectivity index (χ3n) is 2.86. The molecule has 0 saturated heterocycles. The van der Waals surface area contributed by atoms with Crippen molar-refractivity contribution in [1.29, 1.82) is 0 Å². The first-order valence-corrected chi connectivity index (χ1v) is 7.07. The highest BCUT2D eigenvalue weighted by molar-refractivity contribution is 9.10. The fourth-order valence-corrected chi connectivity index (χ4v) is 2.35. The summed E-state index contributed by atoms with van der Waals surface area (Å²) in [4.78, 5) is 13.3. The largest absolute Gasteiger partial charge is 0.383 e. The van der Waals surface area contributed by atoms with E-state index < -0.39 is 0 Å². The summed E-state index contributed by atoms with van der Waals surface area (Å²) in [7, 11) is 0. The predicted molar refractivity (Wildman–Crippen MR) is 80.8 cm³/mol. The Labute approximate surface area is 121 Å². The van der Waals surface area contributed by atoms with Gasteiger partial charge in [-0.2, -0.15) is 0 Å². The fourth-order valence-electron chi connectivity index (χ4n) is 1.97. The van der Waals surface area contributed by atoms with Crippen molar-refractivity contribution in [3.8, 4) is 11.5 Å². The molecule has 0 aliphatic carbocycles. The van der Waals surface area contributed by atoms with E-state index in [-0.39, 0.29) is 0 Å². The van der Waals surface area contributed by atoms with Gasteiger partial charge in [0, 0.05) is 6.20 Å². The van der Waals surface area contributed by atoms with E-state index in [9.17, 15) is 0 Å². The number of halogens is 1. The van der Waals surface area contributed by atoms with Gasteiger partial charge in [-0.1, -0.05) is 19.4 Å². The Morgan fingerprint density at radius 3 is 2.63 bits per heavy atom. The molecule has 5 heteroatoms. The minimum Gasteiger partial charge on any atom is -0.383 e. The molecular weight excluding hydrogens is 304 g/mol. The van der Waals surface area contributed by atoms with E-state index in [0.717, 1.165) is 39.8 Å². The number of hydrogen-bond acceptors (Lipinski definition) is 4. The lowest BCUT2D eigenvalue weighted by molar-refractivity contribution is 0.868. The van der Waals surface area contributed by atoms with Crippen LogP contribution < -0.4 is 5.73 Å². The zero-order valence-electron chi connectivity index (χ0n) is 11.4. The number of pyridine rings is 1. The van der Waals surface area contributed by atoms with Crippen LogP contribution in [0, 0.1) is 13.8 Å². The SMILES string of the molecule is CCCc1nc(-c2ncc(C)cc2C)nc(N)c1Br. The first kappa shape index (κ1) is 13.9. The third-order valence-corrected chi connectivity index (χ3v) is 3.72. The van der Waals surface area contributed by atoms with Crippen molar-refractivity contribution < 1.29 is 0 Å². The van der Waals surface area contributed by atoms with Gasteiger partial charge in [0.25, 0.3) is 0 Å². The van der Waals surface area contributed by atoms with Crippen molar-refractivity contribution in [2.24, 2.45) is 0 Å². The molecule has 4 nitrogen and oxygen atoms in total. The lowest BCUT2D eigenvalue weighted by atomic mass is 10.1. The lowest BCUT2D eigenvalue weighted by Gasteiger charge is -2.09. The summed E-state index contributed by atoms with van der Waals surface area (Å²) in [6.45, 7) is 6.14. The van der Waals surface area contributed by atoms with Crippen LogP contribution in [0.15, 0.2) is 16.7 Å². The van der Waals surface area contributed by atoms with Gasteiger partial charge in [0.15, 0.2) is 5.82 Å². The molecule has 2 rings (SSSR count). The Balaban J connectivity index is 2.56. The average Bonchev–Trinajstić information content (AvgIpc) is 2.35. The van der Waals surface area contributed by atoms with Crippen LogP contribution >= 0.6 is 15.9 Å². The summed E-state index contributed by atoms with van der Waals surface area (Å²) >= 11 is 3.45. The zero-order chi connectivity index (χ0) is 14.0. The Bertz CT molecular complexity index is 611. The highest BCUT2D eigenvalue weighted by Gasteiger charge is 2.13. The van der Waals surface area contributed by atoms with Crippen molar-refractivity contribution in [3.63, 3.8) is 0 Å². The second-order valence-electron chi connectivity index (χ2n) is 4.62. The summed E-state index contributed by atoms with van der Waals surface area (Å²) in [5.41, 5.74) is 9.86. The average molecular weight is 321 g/mol. The van der Waals surface area contributed by atoms with Crippen LogP contribution in [0.4, 0.5) is 5.82 Å². The first-order chi connectivity index (χ1) is 9.02. The molecule has 0 radical (unpaired) electrons. The monoisotopic (exact) mass is 320 g/mol. The zero-order valence-corrected chi connectivity index (χ0v) is 13.0. The Hall–Kier alpha value is -1.49. The van der Waals surface area contributed by atoms with Gasteiger partial charge in [-0.25, -0.2) is 9.97 Å². The molecule has 0 atom stereocenters. The van der Waals surface area contributed by atoms with Crippen LogP contribution in [0.25, 0.3) is 11.5 Å². The summed E-state index contributed by atoms with van der Waals surface area (Å²) in [6, 6.07) is 2.07. The van der Waals surface area contributed by atoms with E-state index in [2.05, 4.69) is 43.9 Å². The number of anilines is 1. The van der Waals surface area contributed by atoms with Crippen LogP contribution in [0.5, 0.6) is 0 Å². The van der Waals surface area contributed by atoms with Gasteiger partial charge in [-0.3, -0.25) is 4.98 Å². The normalized spacial score (nSPS) is 10.7. The number of nitrogen functional groups attached to an aromatic ring is 1.